The van der Waals surface area contributed by atoms with Crippen molar-refractivity contribution in [1.82, 2.24) is 4.98 Å². The Morgan fingerprint density at radius 3 is 2.41 bits per heavy atom. The first-order chi connectivity index (χ1) is 13.7. The van der Waals surface area contributed by atoms with Gasteiger partial charge in [-0.2, -0.15) is 0 Å². The van der Waals surface area contributed by atoms with Gasteiger partial charge in [-0.05, 0) is 37.3 Å². The van der Waals surface area contributed by atoms with E-state index >= 15 is 0 Å². The van der Waals surface area contributed by atoms with Crippen LogP contribution >= 0.6 is 11.3 Å². The van der Waals surface area contributed by atoms with Crippen molar-refractivity contribution in [1.29, 1.82) is 0 Å². The van der Waals surface area contributed by atoms with Gasteiger partial charge in [0.05, 0.1) is 30.1 Å². The Bertz CT molecular complexity index is 1100. The second-order valence-corrected chi connectivity index (χ2v) is 8.91. The minimum absolute atomic E-state index is 0.0256. The first-order valence-electron chi connectivity index (χ1n) is 8.40. The highest BCUT2D eigenvalue weighted by atomic mass is 32.2. The largest absolute Gasteiger partial charge is 0.497 e. The van der Waals surface area contributed by atoms with Crippen LogP contribution in [0, 0.1) is 17.5 Å². The molecule has 0 saturated carbocycles. The number of nitrogens with one attached hydrogen (secondary N) is 1. The quantitative estimate of drug-likeness (QED) is 0.574. The van der Waals surface area contributed by atoms with E-state index in [-0.39, 0.29) is 16.9 Å². The fourth-order valence-corrected chi connectivity index (χ4v) is 4.89. The highest BCUT2D eigenvalue weighted by Gasteiger charge is 2.26. The van der Waals surface area contributed by atoms with E-state index in [1.165, 1.54) is 47.5 Å². The lowest BCUT2D eigenvalue weighted by atomic mass is 10.1. The fourth-order valence-electron chi connectivity index (χ4n) is 2.82. The number of benzene rings is 2. The normalized spacial score (nSPS) is 12.6. The van der Waals surface area contributed by atoms with E-state index in [4.69, 9.17) is 4.74 Å². The number of ether oxygens (including phenoxy) is 1. The molecule has 0 saturated heterocycles. The Morgan fingerprint density at radius 2 is 1.83 bits per heavy atom. The van der Waals surface area contributed by atoms with Gasteiger partial charge in [0.1, 0.15) is 28.1 Å². The first-order valence-corrected chi connectivity index (χ1v) is 11.0. The Labute approximate surface area is 170 Å². The zero-order chi connectivity index (χ0) is 21.2. The number of sulfone groups is 1. The molecule has 3 rings (SSSR count). The van der Waals surface area contributed by atoms with Crippen molar-refractivity contribution < 1.29 is 26.3 Å². The number of methoxy groups -OCH3 is 1. The minimum Gasteiger partial charge on any atom is -0.497 e. The molecule has 0 aliphatic heterocycles. The molecule has 154 valence electrons. The maximum atomic E-state index is 14.5. The van der Waals surface area contributed by atoms with Gasteiger partial charge in [0.2, 0.25) is 0 Å². The van der Waals surface area contributed by atoms with Crippen LogP contribution in [0.25, 0.3) is 0 Å². The topological polar surface area (TPSA) is 68.3 Å². The molecule has 1 heterocycles. The van der Waals surface area contributed by atoms with Crippen LogP contribution in [-0.2, 0) is 15.6 Å². The van der Waals surface area contributed by atoms with E-state index < -0.39 is 44.0 Å². The zero-order valence-electron chi connectivity index (χ0n) is 15.4. The van der Waals surface area contributed by atoms with Gasteiger partial charge in [-0.15, -0.1) is 11.3 Å². The molecule has 1 atom stereocenters. The summed E-state index contributed by atoms with van der Waals surface area (Å²) in [5.74, 6) is -3.17. The zero-order valence-corrected chi connectivity index (χ0v) is 17.1. The summed E-state index contributed by atoms with van der Waals surface area (Å²) < 4.78 is 73.0. The summed E-state index contributed by atoms with van der Waals surface area (Å²) >= 11 is 1.18. The van der Waals surface area contributed by atoms with Crippen molar-refractivity contribution in [3.8, 4) is 5.75 Å². The smallest absolute Gasteiger partial charge is 0.189 e. The fraction of sp³-hybridized carbons (Fsp3) is 0.211. The van der Waals surface area contributed by atoms with Crippen LogP contribution in [0.15, 0.2) is 46.1 Å². The van der Waals surface area contributed by atoms with E-state index in [1.807, 2.05) is 0 Å². The Kier molecular flexibility index (Phi) is 6.13. The molecule has 0 amide bonds. The van der Waals surface area contributed by atoms with E-state index in [2.05, 4.69) is 10.3 Å². The highest BCUT2D eigenvalue weighted by Crippen LogP contribution is 2.30. The number of hydrogen-bond acceptors (Lipinski definition) is 6. The number of rotatable bonds is 7. The average Bonchev–Trinajstić information content (AvgIpc) is 3.13. The number of hydrogen-bond donors (Lipinski definition) is 1. The lowest BCUT2D eigenvalue weighted by molar-refractivity contribution is 0.412. The molecule has 0 unspecified atom stereocenters. The van der Waals surface area contributed by atoms with Crippen molar-refractivity contribution >= 4 is 26.9 Å². The van der Waals surface area contributed by atoms with Gasteiger partial charge in [0.25, 0.3) is 0 Å². The van der Waals surface area contributed by atoms with Crippen molar-refractivity contribution in [2.45, 2.75) is 23.6 Å². The number of thiazole rings is 1. The van der Waals surface area contributed by atoms with E-state index in [1.54, 1.807) is 6.92 Å². The molecule has 3 aromatic rings. The molecular weight excluding hydrogens is 425 g/mol. The van der Waals surface area contributed by atoms with Crippen LogP contribution < -0.4 is 10.1 Å². The Hall–Kier alpha value is -2.59. The summed E-state index contributed by atoms with van der Waals surface area (Å²) in [7, 11) is -2.83. The molecule has 5 nitrogen and oxygen atoms in total. The maximum Gasteiger partial charge on any atom is 0.189 e. The summed E-state index contributed by atoms with van der Waals surface area (Å²) in [6.45, 7) is 1.60. The summed E-state index contributed by atoms with van der Waals surface area (Å²) in [4.78, 5) is 2.82. The average molecular weight is 442 g/mol. The van der Waals surface area contributed by atoms with Crippen LogP contribution in [0.5, 0.6) is 5.75 Å². The lowest BCUT2D eigenvalue weighted by Gasteiger charge is -2.18. The molecule has 10 heteroatoms. The molecule has 0 bridgehead atoms. The minimum atomic E-state index is -4.27. The third-order valence-corrected chi connectivity index (χ3v) is 6.51. The second-order valence-electron chi connectivity index (χ2n) is 6.26. The van der Waals surface area contributed by atoms with Crippen molar-refractivity contribution in [3.63, 3.8) is 0 Å². The molecule has 0 radical (unpaired) electrons. The molecule has 0 spiro atoms. The van der Waals surface area contributed by atoms with Crippen LogP contribution in [-0.4, -0.2) is 20.5 Å². The SMILES string of the molecule is COc1ccc(F)c([C@H](C)Nc2cc(F)c(S(=O)(=O)Cc3cscn3)c(F)c2)c1. The molecule has 2 aromatic carbocycles. The molecule has 0 aliphatic rings. The standard InChI is InChI=1S/C19H17F3N2O3S2/c1-11(15-7-14(27-2)3-4-16(15)20)24-12-5-17(21)19(18(22)6-12)29(25,26)9-13-8-28-10-23-13/h3-8,10-11,24H,9H2,1-2H3/t11-/m0/s1. The van der Waals surface area contributed by atoms with Gasteiger partial charge in [-0.25, -0.2) is 26.6 Å². The molecule has 1 aromatic heterocycles. The summed E-state index contributed by atoms with van der Waals surface area (Å²) in [5.41, 5.74) is 1.84. The van der Waals surface area contributed by atoms with Crippen LogP contribution in [0.3, 0.4) is 0 Å². The summed E-state index contributed by atoms with van der Waals surface area (Å²) in [5, 5.41) is 4.27. The van der Waals surface area contributed by atoms with Crippen molar-refractivity contribution in [2.75, 3.05) is 12.4 Å². The molecular formula is C19H17F3N2O3S2. The molecule has 1 N–H and O–H groups in total. The summed E-state index contributed by atoms with van der Waals surface area (Å²) in [6, 6.07) is 5.21. The van der Waals surface area contributed by atoms with Gasteiger partial charge in [0, 0.05) is 16.6 Å². The van der Waals surface area contributed by atoms with Crippen LogP contribution in [0.4, 0.5) is 18.9 Å². The first kappa shape index (κ1) is 21.1. The van der Waals surface area contributed by atoms with Gasteiger partial charge in [-0.3, -0.25) is 0 Å². The third-order valence-electron chi connectivity index (χ3n) is 4.18. The Balaban J connectivity index is 1.88. The number of aromatic nitrogens is 1. The van der Waals surface area contributed by atoms with Crippen LogP contribution in [0.1, 0.15) is 24.2 Å². The number of nitrogens with zero attached hydrogens (tertiary/aromatic N) is 1. The predicted molar refractivity (Wildman–Crippen MR) is 104 cm³/mol. The van der Waals surface area contributed by atoms with Crippen molar-refractivity contribution in [3.05, 3.63) is 69.9 Å². The van der Waals surface area contributed by atoms with Crippen molar-refractivity contribution in [2.24, 2.45) is 0 Å². The molecule has 0 aliphatic carbocycles. The lowest BCUT2D eigenvalue weighted by Crippen LogP contribution is -2.13. The third kappa shape index (κ3) is 4.70. The number of anilines is 1. The van der Waals surface area contributed by atoms with Gasteiger partial charge >= 0.3 is 0 Å². The van der Waals surface area contributed by atoms with Crippen LogP contribution in [0.2, 0.25) is 0 Å². The van der Waals surface area contributed by atoms with Gasteiger partial charge in [0.15, 0.2) is 9.84 Å². The van der Waals surface area contributed by atoms with Gasteiger partial charge in [-0.1, -0.05) is 0 Å². The monoisotopic (exact) mass is 442 g/mol. The summed E-state index contributed by atoms with van der Waals surface area (Å²) in [6.07, 6.45) is 0. The molecule has 0 fully saturated rings. The second kappa shape index (κ2) is 8.42. The molecule has 29 heavy (non-hydrogen) atoms. The van der Waals surface area contributed by atoms with Gasteiger partial charge < -0.3 is 10.1 Å². The highest BCUT2D eigenvalue weighted by molar-refractivity contribution is 7.90. The number of halogens is 3. The predicted octanol–water partition coefficient (Wildman–Crippen LogP) is 4.72. The Morgan fingerprint density at radius 1 is 1.14 bits per heavy atom. The maximum absolute atomic E-state index is 14.5. The van der Waals surface area contributed by atoms with E-state index in [0.717, 1.165) is 12.1 Å². The van der Waals surface area contributed by atoms with E-state index in [0.29, 0.717) is 5.75 Å². The van der Waals surface area contributed by atoms with E-state index in [9.17, 15) is 21.6 Å².